The van der Waals surface area contributed by atoms with Crippen LogP contribution in [0.1, 0.15) is 41.5 Å². The summed E-state index contributed by atoms with van der Waals surface area (Å²) >= 11 is 2.89. The molecule has 0 bridgehead atoms. The average molecular weight is 483 g/mol. The second-order valence-corrected chi connectivity index (χ2v) is 10.6. The number of benzene rings is 1. The molecule has 1 aliphatic rings. The van der Waals surface area contributed by atoms with Crippen molar-refractivity contribution >= 4 is 39.6 Å². The van der Waals surface area contributed by atoms with Crippen molar-refractivity contribution in [3.05, 3.63) is 68.9 Å². The third-order valence-electron chi connectivity index (χ3n) is 5.85. The van der Waals surface area contributed by atoms with Crippen LogP contribution in [0.2, 0.25) is 0 Å². The Morgan fingerprint density at radius 2 is 1.79 bits per heavy atom. The zero-order valence-electron chi connectivity index (χ0n) is 18.9. The number of thiazole rings is 1. The van der Waals surface area contributed by atoms with Crippen LogP contribution < -0.4 is 10.6 Å². The van der Waals surface area contributed by atoms with E-state index in [-0.39, 0.29) is 18.2 Å². The number of amides is 2. The third kappa shape index (κ3) is 7.48. The van der Waals surface area contributed by atoms with Gasteiger partial charge in [0.15, 0.2) is 5.13 Å². The first-order chi connectivity index (χ1) is 16.0. The SMILES string of the molecule is CC1CCN(Cc2ccc(CNC(=O)Cc3csc(NC(=O)Cc4cccs4)n3)cc2)CC1. The fraction of sp³-hybridized carbons (Fsp3) is 0.400. The summed E-state index contributed by atoms with van der Waals surface area (Å²) < 4.78 is 0. The largest absolute Gasteiger partial charge is 0.352 e. The van der Waals surface area contributed by atoms with Gasteiger partial charge in [-0.3, -0.25) is 14.5 Å². The Hall–Kier alpha value is -2.55. The molecule has 0 radical (unpaired) electrons. The molecule has 0 atom stereocenters. The average Bonchev–Trinajstić information content (AvgIpc) is 3.47. The lowest BCUT2D eigenvalue weighted by Gasteiger charge is -2.30. The lowest BCUT2D eigenvalue weighted by Crippen LogP contribution is -2.32. The summed E-state index contributed by atoms with van der Waals surface area (Å²) in [5.74, 6) is 0.669. The van der Waals surface area contributed by atoms with Gasteiger partial charge in [-0.05, 0) is 54.4 Å². The van der Waals surface area contributed by atoms with Crippen LogP contribution in [0.3, 0.4) is 0 Å². The van der Waals surface area contributed by atoms with Crippen molar-refractivity contribution < 1.29 is 9.59 Å². The highest BCUT2D eigenvalue weighted by Crippen LogP contribution is 2.19. The minimum absolute atomic E-state index is 0.0803. The third-order valence-corrected chi connectivity index (χ3v) is 7.53. The molecule has 2 N–H and O–H groups in total. The number of hydrogen-bond acceptors (Lipinski definition) is 6. The van der Waals surface area contributed by atoms with Crippen molar-refractivity contribution in [3.8, 4) is 0 Å². The maximum absolute atomic E-state index is 12.3. The molecule has 3 heterocycles. The number of anilines is 1. The maximum Gasteiger partial charge on any atom is 0.231 e. The summed E-state index contributed by atoms with van der Waals surface area (Å²) in [5.41, 5.74) is 3.06. The number of carbonyl (C=O) groups is 2. The van der Waals surface area contributed by atoms with E-state index < -0.39 is 0 Å². The quantitative estimate of drug-likeness (QED) is 0.472. The van der Waals surface area contributed by atoms with Crippen molar-refractivity contribution in [1.82, 2.24) is 15.2 Å². The second kappa shape index (κ2) is 11.5. The lowest BCUT2D eigenvalue weighted by molar-refractivity contribution is -0.120. The molecule has 0 saturated carbocycles. The van der Waals surface area contributed by atoms with Crippen molar-refractivity contribution in [3.63, 3.8) is 0 Å². The molecule has 0 unspecified atom stereocenters. The van der Waals surface area contributed by atoms with Crippen LogP contribution in [0.4, 0.5) is 5.13 Å². The molecule has 3 aromatic rings. The molecule has 1 saturated heterocycles. The van der Waals surface area contributed by atoms with Crippen LogP contribution in [0.5, 0.6) is 0 Å². The van der Waals surface area contributed by atoms with Crippen LogP contribution in [-0.4, -0.2) is 34.8 Å². The number of rotatable bonds is 9. The number of nitrogens with one attached hydrogen (secondary N) is 2. The van der Waals surface area contributed by atoms with Crippen LogP contribution >= 0.6 is 22.7 Å². The zero-order valence-corrected chi connectivity index (χ0v) is 20.5. The van der Waals surface area contributed by atoms with E-state index >= 15 is 0 Å². The van der Waals surface area contributed by atoms with Gasteiger partial charge >= 0.3 is 0 Å². The molecule has 4 rings (SSSR count). The molecule has 6 nitrogen and oxygen atoms in total. The first-order valence-corrected chi connectivity index (χ1v) is 13.1. The Kier molecular flexibility index (Phi) is 8.25. The molecular weight excluding hydrogens is 452 g/mol. The van der Waals surface area contributed by atoms with E-state index in [1.807, 2.05) is 22.9 Å². The summed E-state index contributed by atoms with van der Waals surface area (Å²) in [6.45, 7) is 6.18. The Morgan fingerprint density at radius 1 is 1.03 bits per heavy atom. The number of thiophene rings is 1. The van der Waals surface area contributed by atoms with Gasteiger partial charge in [0.05, 0.1) is 18.5 Å². The smallest absolute Gasteiger partial charge is 0.231 e. The fourth-order valence-electron chi connectivity index (χ4n) is 3.85. The van der Waals surface area contributed by atoms with E-state index in [2.05, 4.69) is 51.7 Å². The predicted octanol–water partition coefficient (Wildman–Crippen LogP) is 4.48. The summed E-state index contributed by atoms with van der Waals surface area (Å²) in [5, 5.41) is 10.1. The normalized spacial score (nSPS) is 14.8. The predicted molar refractivity (Wildman–Crippen MR) is 134 cm³/mol. The molecule has 0 spiro atoms. The highest BCUT2D eigenvalue weighted by molar-refractivity contribution is 7.14. The molecule has 1 aromatic carbocycles. The first kappa shape index (κ1) is 23.6. The van der Waals surface area contributed by atoms with Gasteiger partial charge in [-0.25, -0.2) is 4.98 Å². The van der Waals surface area contributed by atoms with Gasteiger partial charge in [-0.2, -0.15) is 0 Å². The van der Waals surface area contributed by atoms with Gasteiger partial charge in [0.25, 0.3) is 0 Å². The summed E-state index contributed by atoms with van der Waals surface area (Å²) in [6.07, 6.45) is 3.10. The highest BCUT2D eigenvalue weighted by Gasteiger charge is 2.15. The molecule has 174 valence electrons. The fourth-order valence-corrected chi connectivity index (χ4v) is 5.28. The van der Waals surface area contributed by atoms with Gasteiger partial charge in [-0.15, -0.1) is 22.7 Å². The van der Waals surface area contributed by atoms with E-state index in [4.69, 9.17) is 0 Å². The van der Waals surface area contributed by atoms with E-state index in [9.17, 15) is 9.59 Å². The van der Waals surface area contributed by atoms with Crippen molar-refractivity contribution in [1.29, 1.82) is 0 Å². The van der Waals surface area contributed by atoms with E-state index in [0.29, 0.717) is 23.8 Å². The molecule has 1 fully saturated rings. The Balaban J connectivity index is 1.18. The molecule has 2 amide bonds. The Morgan fingerprint density at radius 3 is 2.52 bits per heavy atom. The Labute approximate surface area is 203 Å². The zero-order chi connectivity index (χ0) is 23.0. The molecule has 8 heteroatoms. The van der Waals surface area contributed by atoms with Crippen molar-refractivity contribution in [2.24, 2.45) is 5.92 Å². The van der Waals surface area contributed by atoms with Crippen LogP contribution in [-0.2, 0) is 35.5 Å². The number of aromatic nitrogens is 1. The molecule has 0 aliphatic carbocycles. The lowest BCUT2D eigenvalue weighted by atomic mass is 9.99. The summed E-state index contributed by atoms with van der Waals surface area (Å²) in [4.78, 5) is 32.3. The van der Waals surface area contributed by atoms with Crippen molar-refractivity contribution in [2.45, 2.75) is 45.7 Å². The van der Waals surface area contributed by atoms with Crippen molar-refractivity contribution in [2.75, 3.05) is 18.4 Å². The van der Waals surface area contributed by atoms with Crippen LogP contribution in [0.15, 0.2) is 47.2 Å². The summed E-state index contributed by atoms with van der Waals surface area (Å²) in [6, 6.07) is 12.4. The minimum atomic E-state index is -0.0962. The van der Waals surface area contributed by atoms with E-state index in [0.717, 1.165) is 22.9 Å². The monoisotopic (exact) mass is 482 g/mol. The number of piperidine rings is 1. The number of carbonyl (C=O) groups excluding carboxylic acids is 2. The molecule has 33 heavy (non-hydrogen) atoms. The van der Waals surface area contributed by atoms with Gasteiger partial charge in [-0.1, -0.05) is 37.3 Å². The minimum Gasteiger partial charge on any atom is -0.352 e. The second-order valence-electron chi connectivity index (χ2n) is 8.68. The van der Waals surface area contributed by atoms with Crippen LogP contribution in [0, 0.1) is 5.92 Å². The summed E-state index contributed by atoms with van der Waals surface area (Å²) in [7, 11) is 0. The molecule has 2 aromatic heterocycles. The first-order valence-electron chi connectivity index (χ1n) is 11.4. The van der Waals surface area contributed by atoms with Gasteiger partial charge in [0.2, 0.25) is 11.8 Å². The number of hydrogen-bond donors (Lipinski definition) is 2. The Bertz CT molecular complexity index is 1040. The van der Waals surface area contributed by atoms with Gasteiger partial charge < -0.3 is 10.6 Å². The van der Waals surface area contributed by atoms with Gasteiger partial charge in [0, 0.05) is 23.3 Å². The number of likely N-dealkylation sites (tertiary alicyclic amines) is 1. The molecular formula is C25H30N4O2S2. The standard InChI is InChI=1S/C25H30N4O2S2/c1-18-8-10-29(11-9-18)16-20-6-4-19(5-7-20)15-26-23(30)13-21-17-33-25(27-21)28-24(31)14-22-3-2-12-32-22/h2-7,12,17-18H,8-11,13-16H2,1H3,(H,26,30)(H,27,28,31). The maximum atomic E-state index is 12.3. The molecule has 1 aliphatic heterocycles. The topological polar surface area (TPSA) is 74.3 Å². The highest BCUT2D eigenvalue weighted by atomic mass is 32.1. The van der Waals surface area contributed by atoms with E-state index in [1.54, 1.807) is 11.3 Å². The van der Waals surface area contributed by atoms with Crippen LogP contribution in [0.25, 0.3) is 0 Å². The van der Waals surface area contributed by atoms with E-state index in [1.165, 1.54) is 42.8 Å². The number of nitrogens with zero attached hydrogens (tertiary/aromatic N) is 2. The van der Waals surface area contributed by atoms with Gasteiger partial charge in [0.1, 0.15) is 0 Å².